The lowest BCUT2D eigenvalue weighted by Crippen LogP contribution is -2.48. The lowest BCUT2D eigenvalue weighted by atomic mass is 10.1. The third-order valence-electron chi connectivity index (χ3n) is 2.37. The molecule has 0 aromatic carbocycles. The minimum Gasteiger partial charge on any atom is -0.333 e. The van der Waals surface area contributed by atoms with Crippen LogP contribution in [0.5, 0.6) is 0 Å². The van der Waals surface area contributed by atoms with Crippen LogP contribution in [0.4, 0.5) is 4.79 Å². The first-order valence-corrected chi connectivity index (χ1v) is 7.62. The van der Waals surface area contributed by atoms with Gasteiger partial charge in [-0.2, -0.15) is 0 Å². The SMILES string of the molecule is CCn1c(CN)nnc1SCC(=O)NC(=O)NC(C)(C)C. The number of carbonyl (C=O) groups is 2. The second kappa shape index (κ2) is 7.41. The number of amides is 3. The zero-order valence-electron chi connectivity index (χ0n) is 12.8. The highest BCUT2D eigenvalue weighted by Crippen LogP contribution is 2.16. The Morgan fingerprint density at radius 2 is 2.00 bits per heavy atom. The number of carbonyl (C=O) groups excluding carboxylic acids is 2. The molecule has 0 aliphatic rings. The Morgan fingerprint density at radius 3 is 2.52 bits per heavy atom. The largest absolute Gasteiger partial charge is 0.333 e. The maximum Gasteiger partial charge on any atom is 0.321 e. The van der Waals surface area contributed by atoms with E-state index in [4.69, 9.17) is 5.73 Å². The van der Waals surface area contributed by atoms with Gasteiger partial charge >= 0.3 is 6.03 Å². The summed E-state index contributed by atoms with van der Waals surface area (Å²) < 4.78 is 1.84. The van der Waals surface area contributed by atoms with Crippen molar-refractivity contribution in [1.82, 2.24) is 25.4 Å². The summed E-state index contributed by atoms with van der Waals surface area (Å²) in [4.78, 5) is 23.3. The number of rotatable bonds is 5. The molecule has 1 aromatic rings. The van der Waals surface area contributed by atoms with Crippen molar-refractivity contribution in [3.63, 3.8) is 0 Å². The number of nitrogens with two attached hydrogens (primary N) is 1. The first-order valence-electron chi connectivity index (χ1n) is 6.63. The van der Waals surface area contributed by atoms with Crippen LogP contribution in [-0.2, 0) is 17.9 Å². The van der Waals surface area contributed by atoms with Crippen LogP contribution < -0.4 is 16.4 Å². The number of thioether (sulfide) groups is 1. The van der Waals surface area contributed by atoms with Crippen LogP contribution in [0.1, 0.15) is 33.5 Å². The third kappa shape index (κ3) is 5.72. The minimum absolute atomic E-state index is 0.0836. The molecule has 0 saturated carbocycles. The van der Waals surface area contributed by atoms with Crippen LogP contribution >= 0.6 is 11.8 Å². The Bertz CT molecular complexity index is 508. The molecule has 0 fully saturated rings. The summed E-state index contributed by atoms with van der Waals surface area (Å²) >= 11 is 1.22. The van der Waals surface area contributed by atoms with Gasteiger partial charge in [0.25, 0.3) is 0 Å². The highest BCUT2D eigenvalue weighted by atomic mass is 32.2. The van der Waals surface area contributed by atoms with E-state index in [2.05, 4.69) is 20.8 Å². The molecule has 9 heteroatoms. The molecule has 0 aliphatic heterocycles. The maximum atomic E-state index is 11.7. The Balaban J connectivity index is 2.50. The average Bonchev–Trinajstić information content (AvgIpc) is 2.75. The monoisotopic (exact) mass is 314 g/mol. The number of nitrogens with one attached hydrogen (secondary N) is 2. The molecule has 0 spiro atoms. The van der Waals surface area contributed by atoms with Crippen molar-refractivity contribution in [2.75, 3.05) is 5.75 Å². The summed E-state index contributed by atoms with van der Waals surface area (Å²) in [6.45, 7) is 8.43. The predicted molar refractivity (Wildman–Crippen MR) is 80.7 cm³/mol. The molecule has 3 amide bonds. The number of urea groups is 1. The number of nitrogens with zero attached hydrogens (tertiary/aromatic N) is 3. The van der Waals surface area contributed by atoms with E-state index in [1.807, 2.05) is 32.3 Å². The van der Waals surface area contributed by atoms with Crippen LogP contribution in [-0.4, -0.2) is 38.0 Å². The summed E-state index contributed by atoms with van der Waals surface area (Å²) in [6.07, 6.45) is 0. The lowest BCUT2D eigenvalue weighted by Gasteiger charge is -2.20. The van der Waals surface area contributed by atoms with Gasteiger partial charge in [-0.05, 0) is 27.7 Å². The van der Waals surface area contributed by atoms with Gasteiger partial charge in [0, 0.05) is 12.1 Å². The fourth-order valence-corrected chi connectivity index (χ4v) is 2.38. The Morgan fingerprint density at radius 1 is 1.33 bits per heavy atom. The number of hydrogen-bond donors (Lipinski definition) is 3. The van der Waals surface area contributed by atoms with Crippen LogP contribution in [0.15, 0.2) is 5.16 Å². The van der Waals surface area contributed by atoms with Crippen LogP contribution in [0, 0.1) is 0 Å². The van der Waals surface area contributed by atoms with Gasteiger partial charge < -0.3 is 15.6 Å². The van der Waals surface area contributed by atoms with Gasteiger partial charge in [-0.1, -0.05) is 11.8 Å². The first-order chi connectivity index (χ1) is 9.76. The molecular weight excluding hydrogens is 292 g/mol. The molecule has 21 heavy (non-hydrogen) atoms. The van der Waals surface area contributed by atoms with E-state index in [9.17, 15) is 9.59 Å². The topological polar surface area (TPSA) is 115 Å². The van der Waals surface area contributed by atoms with E-state index in [0.29, 0.717) is 24.1 Å². The Hall–Kier alpha value is -1.61. The second-order valence-corrected chi connectivity index (χ2v) is 6.33. The van der Waals surface area contributed by atoms with E-state index in [-0.39, 0.29) is 11.7 Å². The second-order valence-electron chi connectivity index (χ2n) is 5.39. The summed E-state index contributed by atoms with van der Waals surface area (Å²) in [7, 11) is 0. The van der Waals surface area contributed by atoms with Crippen molar-refractivity contribution in [2.24, 2.45) is 5.73 Å². The van der Waals surface area contributed by atoms with E-state index < -0.39 is 11.6 Å². The highest BCUT2D eigenvalue weighted by Gasteiger charge is 2.17. The number of imide groups is 1. The van der Waals surface area contributed by atoms with Gasteiger partial charge in [0.15, 0.2) is 5.16 Å². The molecule has 0 saturated heterocycles. The van der Waals surface area contributed by atoms with Crippen molar-refractivity contribution in [2.45, 2.75) is 51.5 Å². The molecular formula is C12H22N6O2S. The van der Waals surface area contributed by atoms with Gasteiger partial charge in [0.05, 0.1) is 12.3 Å². The molecule has 0 aliphatic carbocycles. The molecule has 8 nitrogen and oxygen atoms in total. The molecule has 0 atom stereocenters. The summed E-state index contributed by atoms with van der Waals surface area (Å²) in [5.41, 5.74) is 5.16. The molecule has 1 heterocycles. The summed E-state index contributed by atoms with van der Waals surface area (Å²) in [5, 5.41) is 13.5. The first kappa shape index (κ1) is 17.4. The van der Waals surface area contributed by atoms with E-state index >= 15 is 0 Å². The summed E-state index contributed by atoms with van der Waals surface area (Å²) in [5.74, 6) is 0.368. The molecule has 0 radical (unpaired) electrons. The lowest BCUT2D eigenvalue weighted by molar-refractivity contribution is -0.117. The normalized spacial score (nSPS) is 11.3. The van der Waals surface area contributed by atoms with Gasteiger partial charge in [0.2, 0.25) is 5.91 Å². The number of hydrogen-bond acceptors (Lipinski definition) is 6. The quantitative estimate of drug-likeness (QED) is 0.681. The molecule has 1 rings (SSSR count). The molecule has 1 aromatic heterocycles. The number of aromatic nitrogens is 3. The third-order valence-corrected chi connectivity index (χ3v) is 3.33. The molecule has 4 N–H and O–H groups in total. The van der Waals surface area contributed by atoms with Crippen molar-refractivity contribution in [3.05, 3.63) is 5.82 Å². The van der Waals surface area contributed by atoms with Gasteiger partial charge in [-0.3, -0.25) is 10.1 Å². The fourth-order valence-electron chi connectivity index (χ4n) is 1.56. The fraction of sp³-hybridized carbons (Fsp3) is 0.667. The van der Waals surface area contributed by atoms with Gasteiger partial charge in [-0.15, -0.1) is 10.2 Å². The summed E-state index contributed by atoms with van der Waals surface area (Å²) in [6, 6.07) is -0.507. The molecule has 118 valence electrons. The van der Waals surface area contributed by atoms with Gasteiger partial charge in [-0.25, -0.2) is 4.79 Å². The van der Waals surface area contributed by atoms with Crippen LogP contribution in [0.2, 0.25) is 0 Å². The minimum atomic E-state index is -0.507. The maximum absolute atomic E-state index is 11.7. The van der Waals surface area contributed by atoms with Crippen molar-refractivity contribution >= 4 is 23.7 Å². The van der Waals surface area contributed by atoms with Gasteiger partial charge in [0.1, 0.15) is 5.82 Å². The standard InChI is InChI=1S/C12H22N6O2S/c1-5-18-8(6-13)16-17-11(18)21-7-9(19)14-10(20)15-12(2,3)4/h5-7,13H2,1-4H3,(H2,14,15,19,20). The molecule has 0 unspecified atom stereocenters. The van der Waals surface area contributed by atoms with Crippen LogP contribution in [0.3, 0.4) is 0 Å². The predicted octanol–water partition coefficient (Wildman–Crippen LogP) is 0.473. The van der Waals surface area contributed by atoms with Crippen LogP contribution in [0.25, 0.3) is 0 Å². The highest BCUT2D eigenvalue weighted by molar-refractivity contribution is 7.99. The van der Waals surface area contributed by atoms with Crippen molar-refractivity contribution in [1.29, 1.82) is 0 Å². The van der Waals surface area contributed by atoms with Crippen molar-refractivity contribution in [3.8, 4) is 0 Å². The zero-order valence-corrected chi connectivity index (χ0v) is 13.6. The van der Waals surface area contributed by atoms with E-state index in [1.165, 1.54) is 11.8 Å². The average molecular weight is 314 g/mol. The Labute approximate surface area is 128 Å². The Kier molecular flexibility index (Phi) is 6.16. The zero-order chi connectivity index (χ0) is 16.0. The molecule has 0 bridgehead atoms. The van der Waals surface area contributed by atoms with E-state index in [0.717, 1.165) is 0 Å². The van der Waals surface area contributed by atoms with E-state index in [1.54, 1.807) is 0 Å². The smallest absolute Gasteiger partial charge is 0.321 e. The van der Waals surface area contributed by atoms with Crippen molar-refractivity contribution < 1.29 is 9.59 Å².